The maximum absolute atomic E-state index is 7.40. The van der Waals surface area contributed by atoms with Crippen molar-refractivity contribution in [2.45, 2.75) is 13.8 Å². The second-order valence-corrected chi connectivity index (χ2v) is 33.9. The fourth-order valence-corrected chi connectivity index (χ4v) is 21.8. The van der Waals surface area contributed by atoms with Crippen LogP contribution in [0, 0.1) is 13.8 Å². The summed E-state index contributed by atoms with van der Waals surface area (Å²) in [6.07, 6.45) is 0. The molecule has 0 fully saturated rings. The second kappa shape index (κ2) is 28.8. The van der Waals surface area contributed by atoms with E-state index in [-0.39, 0.29) is 0 Å². The van der Waals surface area contributed by atoms with Crippen LogP contribution in [-0.4, -0.2) is 0 Å². The zero-order valence-electron chi connectivity index (χ0n) is 66.7. The molecule has 24 rings (SSSR count). The first-order chi connectivity index (χ1) is 60.3. The second-order valence-electron chi connectivity index (χ2n) is 31.8. The van der Waals surface area contributed by atoms with Crippen molar-refractivity contribution < 1.29 is 8.83 Å². The van der Waals surface area contributed by atoms with Gasteiger partial charge in [0.15, 0.2) is 11.2 Å². The van der Waals surface area contributed by atoms with E-state index in [1.165, 1.54) is 67.5 Å². The SMILES string of the molecule is Cc1ccccc1N(c1ccccc1)c1cc2sc3cc(N(c4ccccc4)c4ccc(-c5ccc6oc7c(N(c8cccc(-c9ccccc9)c8)c8cc9c%10cc(N(c%11cccc(-c%12ccccc%12)c%11)c%11cccc%12c%11oc%11ccccc%11%12)c%11ccccc%11c%10sc9c9ccccc89)cccc7c6c5)cc4C)c4ccccc4c3c2c2ccccc12. The van der Waals surface area contributed by atoms with Crippen LogP contribution in [0.15, 0.2) is 421 Å². The van der Waals surface area contributed by atoms with Gasteiger partial charge in [-0.05, 0) is 190 Å². The molecule has 20 aromatic carbocycles. The number of hydrogen-bond donors (Lipinski definition) is 0. The van der Waals surface area contributed by atoms with Gasteiger partial charge in [-0.3, -0.25) is 0 Å². The number of para-hydroxylation sites is 6. The van der Waals surface area contributed by atoms with Crippen molar-refractivity contribution in [3.05, 3.63) is 424 Å². The van der Waals surface area contributed by atoms with Crippen molar-refractivity contribution in [3.8, 4) is 33.4 Å². The average molecular weight is 1600 g/mol. The molecule has 0 spiro atoms. The van der Waals surface area contributed by atoms with E-state index in [1.807, 2.05) is 22.7 Å². The summed E-state index contributed by atoms with van der Waals surface area (Å²) in [6.45, 7) is 4.48. The first kappa shape index (κ1) is 70.8. The zero-order valence-corrected chi connectivity index (χ0v) is 68.3. The first-order valence-electron chi connectivity index (χ1n) is 41.6. The van der Waals surface area contributed by atoms with Gasteiger partial charge in [0.1, 0.15) is 11.2 Å². The summed E-state index contributed by atoms with van der Waals surface area (Å²) in [5.41, 5.74) is 25.1. The van der Waals surface area contributed by atoms with E-state index in [2.05, 4.69) is 446 Å². The summed E-state index contributed by atoms with van der Waals surface area (Å²) in [5.74, 6) is 0. The Labute approximate surface area is 712 Å². The Morgan fingerprint density at radius 1 is 0.189 bits per heavy atom. The highest BCUT2D eigenvalue weighted by Crippen LogP contribution is 2.56. The van der Waals surface area contributed by atoms with Crippen molar-refractivity contribution >= 4 is 218 Å². The van der Waals surface area contributed by atoms with E-state index in [1.54, 1.807) is 0 Å². The molecular weight excluding hydrogens is 1520 g/mol. The molecular formula is C114H74N4O2S2. The quantitative estimate of drug-likeness (QED) is 0.102. The van der Waals surface area contributed by atoms with Crippen molar-refractivity contribution in [2.75, 3.05) is 19.6 Å². The minimum absolute atomic E-state index is 0.795. The van der Waals surface area contributed by atoms with Crippen LogP contribution in [0.5, 0.6) is 0 Å². The van der Waals surface area contributed by atoms with Gasteiger partial charge in [-0.2, -0.15) is 0 Å². The van der Waals surface area contributed by atoms with Gasteiger partial charge in [0, 0.05) is 128 Å². The number of nitrogens with zero attached hydrogens (tertiary/aromatic N) is 4. The monoisotopic (exact) mass is 1590 g/mol. The minimum atomic E-state index is 0.795. The Bertz CT molecular complexity index is 8340. The van der Waals surface area contributed by atoms with Crippen LogP contribution in [0.3, 0.4) is 0 Å². The molecule has 24 aromatic rings. The fraction of sp³-hybridized carbons (Fsp3) is 0.0175. The van der Waals surface area contributed by atoms with Crippen LogP contribution in [-0.2, 0) is 0 Å². The number of furan rings is 2. The Balaban J connectivity index is 0.659. The summed E-state index contributed by atoms with van der Waals surface area (Å²) in [5, 5.41) is 18.5. The molecule has 0 aliphatic heterocycles. The van der Waals surface area contributed by atoms with Crippen LogP contribution in [0.4, 0.5) is 68.2 Å². The molecule has 574 valence electrons. The summed E-state index contributed by atoms with van der Waals surface area (Å²) < 4.78 is 19.3. The molecule has 8 heteroatoms. The number of anilines is 12. The highest BCUT2D eigenvalue weighted by molar-refractivity contribution is 7.27. The number of aryl methyl sites for hydroxylation is 2. The summed E-state index contributed by atoms with van der Waals surface area (Å²) in [6, 6.07) is 151. The fourth-order valence-electron chi connectivity index (χ4n) is 19.2. The average Bonchev–Trinajstić information content (AvgIpc) is 1.53. The van der Waals surface area contributed by atoms with E-state index in [0.29, 0.717) is 0 Å². The molecule has 0 atom stereocenters. The lowest BCUT2D eigenvalue weighted by Gasteiger charge is -2.29. The van der Waals surface area contributed by atoms with Gasteiger partial charge in [0.25, 0.3) is 0 Å². The molecule has 4 heterocycles. The van der Waals surface area contributed by atoms with E-state index in [0.717, 1.165) is 173 Å². The third-order valence-electron chi connectivity index (χ3n) is 24.8. The lowest BCUT2D eigenvalue weighted by Crippen LogP contribution is -2.12. The lowest BCUT2D eigenvalue weighted by atomic mass is 9.96. The summed E-state index contributed by atoms with van der Waals surface area (Å²) in [7, 11) is 0. The molecule has 4 aromatic heterocycles. The Hall–Kier alpha value is -15.3. The van der Waals surface area contributed by atoms with Gasteiger partial charge in [-0.15, -0.1) is 22.7 Å². The third kappa shape index (κ3) is 11.5. The predicted octanol–water partition coefficient (Wildman–Crippen LogP) is 34.3. The zero-order chi connectivity index (χ0) is 80.6. The normalized spacial score (nSPS) is 11.9. The Morgan fingerprint density at radius 2 is 0.533 bits per heavy atom. The predicted molar refractivity (Wildman–Crippen MR) is 521 cm³/mol. The van der Waals surface area contributed by atoms with Gasteiger partial charge in [-0.25, -0.2) is 0 Å². The van der Waals surface area contributed by atoms with E-state index >= 15 is 0 Å². The van der Waals surface area contributed by atoms with Crippen LogP contribution in [0.25, 0.3) is 161 Å². The third-order valence-corrected chi connectivity index (χ3v) is 27.1. The van der Waals surface area contributed by atoms with Crippen molar-refractivity contribution in [2.24, 2.45) is 0 Å². The number of fused-ring (bicyclic) bond motifs is 20. The van der Waals surface area contributed by atoms with Gasteiger partial charge < -0.3 is 28.4 Å². The Morgan fingerprint density at radius 3 is 1.04 bits per heavy atom. The van der Waals surface area contributed by atoms with Gasteiger partial charge in [0.05, 0.1) is 34.1 Å². The molecule has 122 heavy (non-hydrogen) atoms. The van der Waals surface area contributed by atoms with Crippen LogP contribution < -0.4 is 19.6 Å². The molecule has 0 radical (unpaired) electrons. The molecule has 0 aliphatic rings. The first-order valence-corrected chi connectivity index (χ1v) is 43.2. The Kier molecular flexibility index (Phi) is 16.7. The topological polar surface area (TPSA) is 39.2 Å². The van der Waals surface area contributed by atoms with Gasteiger partial charge in [0.2, 0.25) is 0 Å². The number of rotatable bonds is 15. The maximum Gasteiger partial charge on any atom is 0.159 e. The van der Waals surface area contributed by atoms with Crippen molar-refractivity contribution in [1.29, 1.82) is 0 Å². The van der Waals surface area contributed by atoms with E-state index in [9.17, 15) is 0 Å². The van der Waals surface area contributed by atoms with Crippen LogP contribution in [0.1, 0.15) is 11.1 Å². The molecule has 0 saturated carbocycles. The van der Waals surface area contributed by atoms with Crippen LogP contribution in [0.2, 0.25) is 0 Å². The minimum Gasteiger partial charge on any atom is -0.454 e. The number of benzene rings is 20. The highest BCUT2D eigenvalue weighted by atomic mass is 32.1. The lowest BCUT2D eigenvalue weighted by molar-refractivity contribution is 0.669. The number of hydrogen-bond acceptors (Lipinski definition) is 8. The van der Waals surface area contributed by atoms with Crippen LogP contribution >= 0.6 is 22.7 Å². The smallest absolute Gasteiger partial charge is 0.159 e. The molecule has 6 nitrogen and oxygen atoms in total. The van der Waals surface area contributed by atoms with Gasteiger partial charge in [-0.1, -0.05) is 291 Å². The van der Waals surface area contributed by atoms with E-state index < -0.39 is 0 Å². The standard InChI is InChI=1S/C114H74N4O2S2/c1-71-31-15-25-55-97(71)115(79-38-11-5-12-39-79)103-69-107-109(88-49-20-16-44-83(88)103)110-89-50-21-17-45-84(89)104(70-108(110)121-107)116(80-40-13-6-14-41-80)98-61-59-77(63-72(98)2)78-60-62-106-94(66-78)91-54-30-57-100(112(91)120-106)118(82-43-28-37-76(65-82)74-34-9-4-10-35-74)102-68-96-95-67-101(85-46-18-22-51-92(85)113(95)122-114(96)93-52-23-19-47-86(93)102)117(81-42-27-36-75(64-81)73-32-7-3-8-33-73)99-56-29-53-90-87-48-24-26-58-105(87)119-111(90)99/h3-70H,1-2H3. The van der Waals surface area contributed by atoms with Gasteiger partial charge >= 0.3 is 0 Å². The highest BCUT2D eigenvalue weighted by Gasteiger charge is 2.30. The molecule has 0 bridgehead atoms. The number of thiophene rings is 2. The van der Waals surface area contributed by atoms with Crippen molar-refractivity contribution in [1.82, 2.24) is 0 Å². The largest absolute Gasteiger partial charge is 0.454 e. The summed E-state index contributed by atoms with van der Waals surface area (Å²) >= 11 is 3.76. The molecule has 0 saturated heterocycles. The maximum atomic E-state index is 7.40. The summed E-state index contributed by atoms with van der Waals surface area (Å²) in [4.78, 5) is 9.82. The molecule has 0 aliphatic carbocycles. The molecule has 0 N–H and O–H groups in total. The molecule has 0 amide bonds. The van der Waals surface area contributed by atoms with Crippen molar-refractivity contribution in [3.63, 3.8) is 0 Å². The van der Waals surface area contributed by atoms with E-state index in [4.69, 9.17) is 8.83 Å². The molecule has 0 unspecified atom stereocenters.